The second-order valence-corrected chi connectivity index (χ2v) is 6.38. The topological polar surface area (TPSA) is 102 Å². The standard InChI is InChI=1S/C13H19NO6S/c1-8(2)12(13(15)16)14-21(17,18)11-7-9(19-3)5-6-10(11)20-4/h5-8,12,14H,1-4H3,(H,15,16)/t12-/m0/s1. The molecule has 0 aromatic heterocycles. The maximum Gasteiger partial charge on any atom is 0.322 e. The van der Waals surface area contributed by atoms with Crippen molar-refractivity contribution in [3.05, 3.63) is 18.2 Å². The lowest BCUT2D eigenvalue weighted by Gasteiger charge is -2.19. The first-order valence-corrected chi connectivity index (χ1v) is 7.68. The molecule has 0 aliphatic heterocycles. The second-order valence-electron chi connectivity index (χ2n) is 4.70. The number of hydrogen-bond donors (Lipinski definition) is 2. The Morgan fingerprint density at radius 3 is 2.29 bits per heavy atom. The van der Waals surface area contributed by atoms with Crippen LogP contribution in [0.4, 0.5) is 0 Å². The Labute approximate surface area is 123 Å². The quantitative estimate of drug-likeness (QED) is 0.780. The van der Waals surface area contributed by atoms with Crippen LogP contribution in [0.5, 0.6) is 11.5 Å². The van der Waals surface area contributed by atoms with Crippen LogP contribution >= 0.6 is 0 Å². The zero-order valence-electron chi connectivity index (χ0n) is 12.3. The van der Waals surface area contributed by atoms with E-state index < -0.39 is 28.0 Å². The van der Waals surface area contributed by atoms with Crippen molar-refractivity contribution in [3.8, 4) is 11.5 Å². The van der Waals surface area contributed by atoms with Crippen LogP contribution in [0.3, 0.4) is 0 Å². The van der Waals surface area contributed by atoms with Crippen molar-refractivity contribution < 1.29 is 27.8 Å². The first-order chi connectivity index (χ1) is 9.72. The molecule has 7 nitrogen and oxygen atoms in total. The molecular formula is C13H19NO6S. The average molecular weight is 317 g/mol. The summed E-state index contributed by atoms with van der Waals surface area (Å²) in [5.74, 6) is -1.21. The molecule has 0 saturated heterocycles. The first-order valence-electron chi connectivity index (χ1n) is 6.20. The van der Waals surface area contributed by atoms with Crippen LogP contribution in [0.1, 0.15) is 13.8 Å². The summed E-state index contributed by atoms with van der Waals surface area (Å²) < 4.78 is 36.9. The van der Waals surface area contributed by atoms with Crippen molar-refractivity contribution in [2.24, 2.45) is 5.92 Å². The molecule has 0 spiro atoms. The molecule has 0 aliphatic rings. The van der Waals surface area contributed by atoms with E-state index in [0.29, 0.717) is 5.75 Å². The third kappa shape index (κ3) is 4.08. The molecular weight excluding hydrogens is 298 g/mol. The number of hydrogen-bond acceptors (Lipinski definition) is 5. The van der Waals surface area contributed by atoms with Crippen LogP contribution in [0.25, 0.3) is 0 Å². The van der Waals surface area contributed by atoms with Crippen LogP contribution in [-0.2, 0) is 14.8 Å². The Balaban J connectivity index is 3.26. The first kappa shape index (κ1) is 17.3. The number of carboxylic acids is 1. The minimum absolute atomic E-state index is 0.108. The van der Waals surface area contributed by atoms with E-state index in [1.807, 2.05) is 0 Å². The van der Waals surface area contributed by atoms with Gasteiger partial charge in [0.1, 0.15) is 22.4 Å². The summed E-state index contributed by atoms with van der Waals surface area (Å²) in [4.78, 5) is 11.0. The van der Waals surface area contributed by atoms with Gasteiger partial charge in [0.2, 0.25) is 10.0 Å². The van der Waals surface area contributed by atoms with Crippen molar-refractivity contribution >= 4 is 16.0 Å². The normalized spacial score (nSPS) is 13.0. The molecule has 0 amide bonds. The highest BCUT2D eigenvalue weighted by atomic mass is 32.2. The number of carboxylic acid groups (broad SMARTS) is 1. The molecule has 0 heterocycles. The Morgan fingerprint density at radius 1 is 1.24 bits per heavy atom. The van der Waals surface area contributed by atoms with Gasteiger partial charge in [0.15, 0.2) is 0 Å². The third-order valence-electron chi connectivity index (χ3n) is 2.88. The van der Waals surface area contributed by atoms with E-state index in [-0.39, 0.29) is 10.6 Å². The van der Waals surface area contributed by atoms with Gasteiger partial charge < -0.3 is 14.6 Å². The monoisotopic (exact) mass is 317 g/mol. The number of aliphatic carboxylic acids is 1. The number of methoxy groups -OCH3 is 2. The van der Waals surface area contributed by atoms with E-state index in [2.05, 4.69) is 4.72 Å². The molecule has 0 radical (unpaired) electrons. The number of nitrogens with one attached hydrogen (secondary N) is 1. The van der Waals surface area contributed by atoms with E-state index in [1.54, 1.807) is 19.9 Å². The lowest BCUT2D eigenvalue weighted by atomic mass is 10.1. The maximum atomic E-state index is 12.4. The second kappa shape index (κ2) is 6.77. The van der Waals surface area contributed by atoms with Gasteiger partial charge in [-0.15, -0.1) is 0 Å². The van der Waals surface area contributed by atoms with Gasteiger partial charge in [-0.05, 0) is 18.1 Å². The van der Waals surface area contributed by atoms with Crippen LogP contribution in [0.2, 0.25) is 0 Å². The van der Waals surface area contributed by atoms with Crippen molar-refractivity contribution in [2.75, 3.05) is 14.2 Å². The summed E-state index contributed by atoms with van der Waals surface area (Å²) in [5.41, 5.74) is 0. The summed E-state index contributed by atoms with van der Waals surface area (Å²) >= 11 is 0. The van der Waals surface area contributed by atoms with E-state index in [1.165, 1.54) is 26.4 Å². The van der Waals surface area contributed by atoms with E-state index in [9.17, 15) is 13.2 Å². The van der Waals surface area contributed by atoms with Gasteiger partial charge in [-0.25, -0.2) is 8.42 Å². The van der Waals surface area contributed by atoms with Gasteiger partial charge in [-0.1, -0.05) is 13.8 Å². The molecule has 1 atom stereocenters. The number of ether oxygens (including phenoxy) is 2. The molecule has 1 rings (SSSR count). The number of carbonyl (C=O) groups is 1. The Kier molecular flexibility index (Phi) is 5.56. The molecule has 118 valence electrons. The van der Waals surface area contributed by atoms with Crippen LogP contribution in [-0.4, -0.2) is 39.8 Å². The zero-order chi connectivity index (χ0) is 16.2. The summed E-state index contributed by atoms with van der Waals surface area (Å²) in [7, 11) is -1.33. The highest BCUT2D eigenvalue weighted by Gasteiger charge is 2.30. The van der Waals surface area contributed by atoms with E-state index in [4.69, 9.17) is 14.6 Å². The number of benzene rings is 1. The zero-order valence-corrected chi connectivity index (χ0v) is 13.1. The predicted octanol–water partition coefficient (Wildman–Crippen LogP) is 1.09. The summed E-state index contributed by atoms with van der Waals surface area (Å²) in [5, 5.41) is 9.10. The van der Waals surface area contributed by atoms with Gasteiger partial charge >= 0.3 is 5.97 Å². The van der Waals surface area contributed by atoms with E-state index >= 15 is 0 Å². The summed E-state index contributed by atoms with van der Waals surface area (Å²) in [6.45, 7) is 3.23. The summed E-state index contributed by atoms with van der Waals surface area (Å²) in [6, 6.07) is 3.04. The van der Waals surface area contributed by atoms with Gasteiger partial charge in [-0.2, -0.15) is 4.72 Å². The third-order valence-corrected chi connectivity index (χ3v) is 4.34. The van der Waals surface area contributed by atoms with Gasteiger partial charge in [-0.3, -0.25) is 4.79 Å². The predicted molar refractivity (Wildman–Crippen MR) is 76.1 cm³/mol. The minimum atomic E-state index is -4.06. The van der Waals surface area contributed by atoms with Crippen LogP contribution < -0.4 is 14.2 Å². The maximum absolute atomic E-state index is 12.4. The van der Waals surface area contributed by atoms with Gasteiger partial charge in [0.25, 0.3) is 0 Å². The largest absolute Gasteiger partial charge is 0.497 e. The highest BCUT2D eigenvalue weighted by Crippen LogP contribution is 2.28. The molecule has 0 unspecified atom stereocenters. The van der Waals surface area contributed by atoms with Crippen LogP contribution in [0.15, 0.2) is 23.1 Å². The van der Waals surface area contributed by atoms with Crippen molar-refractivity contribution in [2.45, 2.75) is 24.8 Å². The van der Waals surface area contributed by atoms with Crippen molar-refractivity contribution in [1.82, 2.24) is 4.72 Å². The Morgan fingerprint density at radius 2 is 1.86 bits per heavy atom. The lowest BCUT2D eigenvalue weighted by Crippen LogP contribution is -2.44. The van der Waals surface area contributed by atoms with Gasteiger partial charge in [0.05, 0.1) is 14.2 Å². The lowest BCUT2D eigenvalue weighted by molar-refractivity contribution is -0.140. The van der Waals surface area contributed by atoms with Crippen molar-refractivity contribution in [3.63, 3.8) is 0 Å². The average Bonchev–Trinajstić information content (AvgIpc) is 2.43. The molecule has 8 heteroatoms. The molecule has 1 aromatic carbocycles. The molecule has 0 aliphatic carbocycles. The molecule has 1 aromatic rings. The van der Waals surface area contributed by atoms with E-state index in [0.717, 1.165) is 0 Å². The minimum Gasteiger partial charge on any atom is -0.497 e. The molecule has 0 bridgehead atoms. The van der Waals surface area contributed by atoms with Crippen molar-refractivity contribution in [1.29, 1.82) is 0 Å². The molecule has 21 heavy (non-hydrogen) atoms. The van der Waals surface area contributed by atoms with Gasteiger partial charge in [0, 0.05) is 6.07 Å². The Hall–Kier alpha value is -1.80. The fourth-order valence-corrected chi connectivity index (χ4v) is 3.22. The Bertz CT molecular complexity index is 611. The fourth-order valence-electron chi connectivity index (χ4n) is 1.70. The summed E-state index contributed by atoms with van der Waals surface area (Å²) in [6.07, 6.45) is 0. The molecule has 2 N–H and O–H groups in total. The fraction of sp³-hybridized carbons (Fsp3) is 0.462. The molecule has 0 fully saturated rings. The SMILES string of the molecule is COc1ccc(OC)c(S(=O)(=O)N[C@H](C(=O)O)C(C)C)c1. The molecule has 0 saturated carbocycles. The smallest absolute Gasteiger partial charge is 0.322 e. The number of rotatable bonds is 7. The number of sulfonamides is 1. The van der Waals surface area contributed by atoms with Crippen LogP contribution in [0, 0.1) is 5.92 Å². The highest BCUT2D eigenvalue weighted by molar-refractivity contribution is 7.89.